The molecule has 488 valence electrons. The maximum atomic E-state index is 3.70. The fourth-order valence-electron chi connectivity index (χ4n) is 15.5. The second-order valence-electron chi connectivity index (χ2n) is 26.8. The summed E-state index contributed by atoms with van der Waals surface area (Å²) in [6.45, 7) is 0. The molecule has 0 spiro atoms. The SMILES string of the molecule is c1c#cc2ccc3ccccc3c2c2c(c#cc3cccc(c#cc4ccc5ccccc5c4c4c(c#cc#cc5ccc6ccccc6c5c5c(c#cc6cccc(c#cc7ccc8ccccc8c7c7c(c#1)ccc1ccccc17)c6)ccc1ccccc15)ccc1ccccc14)c3)ccc1ccccc12. The number of hydrogen-bond acceptors (Lipinski definition) is 0. The molecule has 0 aliphatic carbocycles. The first-order valence-corrected chi connectivity index (χ1v) is 36.0. The van der Waals surface area contributed by atoms with Crippen LogP contribution in [0.2, 0.25) is 0 Å². The average Bonchev–Trinajstić information content (AvgIpc) is 0.770. The van der Waals surface area contributed by atoms with E-state index in [0.717, 1.165) is 194 Å². The largest absolute Gasteiger partial charge is 0.0616 e. The molecule has 0 N–H and O–H groups in total. The lowest BCUT2D eigenvalue weighted by molar-refractivity contribution is 1.79. The molecule has 0 heteroatoms. The first-order valence-electron chi connectivity index (χ1n) is 36.0. The van der Waals surface area contributed by atoms with Gasteiger partial charge in [-0.3, -0.25) is 0 Å². The van der Waals surface area contributed by atoms with Crippen LogP contribution in [0.15, 0.2) is 340 Å². The Labute approximate surface area is 626 Å². The van der Waals surface area contributed by atoms with Crippen molar-refractivity contribution in [1.82, 2.24) is 0 Å². The Balaban J connectivity index is 0.922. The van der Waals surface area contributed by atoms with E-state index in [9.17, 15) is 0 Å². The standard InChI is InChI=1S/C108H56/c1-2-36-86-64-56-78-28-6-14-40-94(78)102(86)106-90(68-60-82-32-10-18-44-98(82)106)52-48-74-24-22-26-76(72-74)50-54-92-70-62-84-34-12-20-46-100(84)108(92)104-88(66-58-80-30-8-16-42-96(80)104)38-4-3-37-87-65-57-79-29-7-15-41-95(79)103(87)107-91(69-61-83-33-11-19-45-99(83)107)53-49-75-25-21-23-73(71-75)47-51-89-67-59-81-31-9-17-43-97(81)105(89)101-85(35-1)63-55-77-27-5-13-39-93(77)101/h5-34,39-46,55-72H. The van der Waals surface area contributed by atoms with E-state index in [1.165, 1.54) is 0 Å². The van der Waals surface area contributed by atoms with Crippen molar-refractivity contribution in [2.45, 2.75) is 0 Å². The fourth-order valence-corrected chi connectivity index (χ4v) is 15.5. The molecule has 0 saturated heterocycles. The van der Waals surface area contributed by atoms with Crippen molar-refractivity contribution >= 4 is 194 Å². The van der Waals surface area contributed by atoms with Crippen molar-refractivity contribution in [1.29, 1.82) is 0 Å². The number of hydrogen-bond donors (Lipinski definition) is 0. The van der Waals surface area contributed by atoms with E-state index in [1.54, 1.807) is 0 Å². The Morgan fingerprint density at radius 3 is 0.454 bits per heavy atom. The highest BCUT2D eigenvalue weighted by atomic mass is 14.1. The summed E-state index contributed by atoms with van der Waals surface area (Å²) in [5, 5.41) is 35.6. The Kier molecular flexibility index (Phi) is 16.3. The van der Waals surface area contributed by atoms with Crippen molar-refractivity contribution < 1.29 is 0 Å². The van der Waals surface area contributed by atoms with Crippen molar-refractivity contribution in [3.8, 4) is 0 Å². The smallest absolute Gasteiger partial charge is 0.0341 e. The first-order chi connectivity index (χ1) is 53.6. The maximum Gasteiger partial charge on any atom is 0.0341 e. The summed E-state index contributed by atoms with van der Waals surface area (Å²) in [7, 11) is 0. The molecule has 0 nitrogen and oxygen atoms in total. The van der Waals surface area contributed by atoms with Crippen LogP contribution < -0.4 is 0 Å². The molecule has 0 aromatic heterocycles. The van der Waals surface area contributed by atoms with Crippen LogP contribution in [0.3, 0.4) is 0 Å². The molecule has 19 rings (SSSR count). The summed E-state index contributed by atoms with van der Waals surface area (Å²) in [4.78, 5) is 0. The Morgan fingerprint density at radius 2 is 0.278 bits per heavy atom. The highest BCUT2D eigenvalue weighted by Crippen LogP contribution is 2.39. The van der Waals surface area contributed by atoms with Gasteiger partial charge in [0.25, 0.3) is 0 Å². The quantitative estimate of drug-likeness (QED) is 0.142. The van der Waals surface area contributed by atoms with E-state index in [4.69, 9.17) is 0 Å². The first kappa shape index (κ1) is 63.4. The zero-order valence-corrected chi connectivity index (χ0v) is 58.3. The molecule has 0 saturated carbocycles. The lowest BCUT2D eigenvalue weighted by Crippen LogP contribution is -1.80. The molecular formula is C108H56. The van der Waals surface area contributed by atoms with Crippen LogP contribution in [0.4, 0.5) is 0 Å². The lowest BCUT2D eigenvalue weighted by Gasteiger charge is -2.07. The highest BCUT2D eigenvalue weighted by Gasteiger charge is 2.13. The molecule has 19 aromatic carbocycles. The van der Waals surface area contributed by atoms with Gasteiger partial charge in [-0.15, -0.1) is 0 Å². The fraction of sp³-hybridized carbons (Fsp3) is 0. The summed E-state index contributed by atoms with van der Waals surface area (Å²) in [5.74, 6) is 0. The van der Waals surface area contributed by atoms with Gasteiger partial charge in [0, 0.05) is 108 Å². The normalized spacial score (nSPS) is 10.7. The van der Waals surface area contributed by atoms with E-state index >= 15 is 0 Å². The van der Waals surface area contributed by atoms with Gasteiger partial charge in [-0.05, 0) is 195 Å². The monoisotopic (exact) mass is 1350 g/mol. The van der Waals surface area contributed by atoms with E-state index in [1.807, 2.05) is 12.1 Å². The molecule has 0 amide bonds. The van der Waals surface area contributed by atoms with Gasteiger partial charge in [0.15, 0.2) is 0 Å². The van der Waals surface area contributed by atoms with Crippen LogP contribution in [0, 0.1) is 97.1 Å². The van der Waals surface area contributed by atoms with Gasteiger partial charge in [0.2, 0.25) is 0 Å². The molecule has 19 aromatic rings. The second kappa shape index (κ2) is 27.7. The second-order valence-corrected chi connectivity index (χ2v) is 26.8. The maximum absolute atomic E-state index is 3.70. The summed E-state index contributed by atoms with van der Waals surface area (Å²) >= 11 is 0. The third kappa shape index (κ3) is 11.9. The summed E-state index contributed by atoms with van der Waals surface area (Å²) in [6, 6.07) is 176. The predicted octanol–water partition coefficient (Wildman–Crippen LogP) is 27.7. The van der Waals surface area contributed by atoms with Crippen LogP contribution >= 0.6 is 0 Å². The van der Waals surface area contributed by atoms with Crippen molar-refractivity contribution in [3.63, 3.8) is 0 Å². The van der Waals surface area contributed by atoms with Gasteiger partial charge in [-0.2, -0.15) is 0 Å². The van der Waals surface area contributed by atoms with Crippen molar-refractivity contribution in [2.75, 3.05) is 0 Å². The average molecular weight is 1350 g/mol. The van der Waals surface area contributed by atoms with E-state index in [0.29, 0.717) is 0 Å². The summed E-state index contributed by atoms with van der Waals surface area (Å²) < 4.78 is 0. The molecule has 108 heavy (non-hydrogen) atoms. The highest BCUT2D eigenvalue weighted by molar-refractivity contribution is 6.30. The molecule has 0 unspecified atom stereocenters. The van der Waals surface area contributed by atoms with Crippen LogP contribution in [0.1, 0.15) is 0 Å². The summed E-state index contributed by atoms with van der Waals surface area (Å²) in [6.07, 6.45) is 0. The van der Waals surface area contributed by atoms with Crippen LogP contribution in [-0.2, 0) is 0 Å². The molecule has 0 aliphatic rings. The molecule has 0 fully saturated rings. The molecule has 0 aliphatic heterocycles. The molecular weight excluding hydrogens is 1300 g/mol. The zero-order valence-electron chi connectivity index (χ0n) is 58.3. The third-order valence-corrected chi connectivity index (χ3v) is 20.4. The number of fused-ring (bicyclic) bond motifs is 32. The van der Waals surface area contributed by atoms with Crippen LogP contribution in [0.5, 0.6) is 0 Å². The van der Waals surface area contributed by atoms with Gasteiger partial charge in [0.05, 0.1) is 0 Å². The van der Waals surface area contributed by atoms with Crippen molar-refractivity contribution in [3.05, 3.63) is 437 Å². The molecule has 0 atom stereocenters. The minimum atomic E-state index is 0.835. The Bertz CT molecular complexity index is 6680. The van der Waals surface area contributed by atoms with E-state index in [2.05, 4.69) is 425 Å². The molecule has 0 heterocycles. The number of rotatable bonds is 0. The topological polar surface area (TPSA) is 0 Å². The van der Waals surface area contributed by atoms with E-state index < -0.39 is 0 Å². The third-order valence-electron chi connectivity index (χ3n) is 20.4. The Morgan fingerprint density at radius 1 is 0.120 bits per heavy atom. The Hall–Kier alpha value is -15.5. The summed E-state index contributed by atoms with van der Waals surface area (Å²) in [5.41, 5.74) is 0. The van der Waals surface area contributed by atoms with Gasteiger partial charge < -0.3 is 0 Å². The lowest BCUT2D eigenvalue weighted by atomic mass is 9.95. The molecule has 4 bridgehead atoms. The predicted molar refractivity (Wildman–Crippen MR) is 455 cm³/mol. The van der Waals surface area contributed by atoms with Crippen LogP contribution in [-0.4, -0.2) is 0 Å². The van der Waals surface area contributed by atoms with E-state index in [-0.39, 0.29) is 0 Å². The minimum Gasteiger partial charge on any atom is -0.0616 e. The minimum absolute atomic E-state index is 0.835. The van der Waals surface area contributed by atoms with Crippen molar-refractivity contribution in [2.24, 2.45) is 0 Å². The van der Waals surface area contributed by atoms with Gasteiger partial charge in [0.1, 0.15) is 0 Å². The zero-order chi connectivity index (χ0) is 71.7. The number of benzene rings is 18. The van der Waals surface area contributed by atoms with Crippen LogP contribution in [0.25, 0.3) is 194 Å². The van der Waals surface area contributed by atoms with Gasteiger partial charge in [-0.1, -0.05) is 328 Å². The van der Waals surface area contributed by atoms with Gasteiger partial charge >= 0.3 is 0 Å². The molecule has 0 radical (unpaired) electrons. The van der Waals surface area contributed by atoms with Gasteiger partial charge in [-0.25, -0.2) is 0 Å².